The lowest BCUT2D eigenvalue weighted by Gasteiger charge is -2.28. The van der Waals surface area contributed by atoms with Crippen LogP contribution in [0.15, 0.2) is 0 Å². The van der Waals surface area contributed by atoms with E-state index in [0.717, 1.165) is 37.5 Å². The van der Waals surface area contributed by atoms with Crippen LogP contribution < -0.4 is 11.1 Å². The predicted octanol–water partition coefficient (Wildman–Crippen LogP) is 3.18. The Morgan fingerprint density at radius 1 is 1.25 bits per heavy atom. The van der Waals surface area contributed by atoms with Gasteiger partial charge in [0.15, 0.2) is 0 Å². The van der Waals surface area contributed by atoms with E-state index in [1.54, 1.807) is 0 Å². The van der Waals surface area contributed by atoms with E-state index in [1.807, 2.05) is 11.8 Å². The highest BCUT2D eigenvalue weighted by Gasteiger charge is 2.22. The van der Waals surface area contributed by atoms with Gasteiger partial charge in [0, 0.05) is 17.7 Å². The summed E-state index contributed by atoms with van der Waals surface area (Å²) in [4.78, 5) is 12.0. The van der Waals surface area contributed by atoms with Gasteiger partial charge in [0.1, 0.15) is 0 Å². The maximum atomic E-state index is 12.0. The molecule has 1 fully saturated rings. The number of hydrogen-bond donors (Lipinski definition) is 2. The minimum absolute atomic E-state index is 0.236. The number of nitrogens with two attached hydrogens (primary N) is 1. The molecule has 1 aliphatic carbocycles. The van der Waals surface area contributed by atoms with Crippen molar-refractivity contribution < 1.29 is 4.79 Å². The maximum absolute atomic E-state index is 12.0. The minimum Gasteiger partial charge on any atom is -0.353 e. The lowest BCUT2D eigenvalue weighted by Crippen LogP contribution is -2.38. The summed E-state index contributed by atoms with van der Waals surface area (Å²) in [5.41, 5.74) is 5.65. The highest BCUT2D eigenvalue weighted by Crippen LogP contribution is 2.27. The summed E-state index contributed by atoms with van der Waals surface area (Å²) in [6, 6.07) is 0.415. The number of amides is 1. The topological polar surface area (TPSA) is 55.1 Å². The van der Waals surface area contributed by atoms with Crippen LogP contribution in [0.5, 0.6) is 0 Å². The minimum atomic E-state index is 0.236. The molecule has 1 atom stereocenters. The highest BCUT2D eigenvalue weighted by atomic mass is 32.2. The summed E-state index contributed by atoms with van der Waals surface area (Å²) in [6.45, 7) is 5.17. The van der Waals surface area contributed by atoms with Crippen LogP contribution in [-0.4, -0.2) is 30.0 Å². The van der Waals surface area contributed by atoms with Crippen molar-refractivity contribution in [1.29, 1.82) is 0 Å². The zero-order valence-corrected chi connectivity index (χ0v) is 14.2. The Hall–Kier alpha value is -0.220. The summed E-state index contributed by atoms with van der Waals surface area (Å²) < 4.78 is 0. The Labute approximate surface area is 128 Å². The molecular weight excluding hydrogens is 268 g/mol. The van der Waals surface area contributed by atoms with Crippen molar-refractivity contribution in [2.75, 3.05) is 12.8 Å². The van der Waals surface area contributed by atoms with Gasteiger partial charge in [-0.15, -0.1) is 0 Å². The Morgan fingerprint density at radius 3 is 2.40 bits per heavy atom. The van der Waals surface area contributed by atoms with Crippen molar-refractivity contribution in [3.8, 4) is 0 Å². The third-order valence-corrected chi connectivity index (χ3v) is 5.73. The van der Waals surface area contributed by atoms with E-state index in [-0.39, 0.29) is 5.91 Å². The van der Waals surface area contributed by atoms with E-state index >= 15 is 0 Å². The quantitative estimate of drug-likeness (QED) is 0.724. The van der Waals surface area contributed by atoms with Crippen LogP contribution in [-0.2, 0) is 4.79 Å². The molecule has 0 aromatic carbocycles. The normalized spacial score (nSPS) is 24.6. The number of nitrogens with one attached hydrogen (secondary N) is 1. The SMILES string of the molecule is CSC1CCC(NC(=O)CCC(CCN)C(C)C)CC1. The fraction of sp³-hybridized carbons (Fsp3) is 0.938. The lowest BCUT2D eigenvalue weighted by atomic mass is 9.88. The number of hydrogen-bond acceptors (Lipinski definition) is 3. The van der Waals surface area contributed by atoms with Crippen LogP contribution in [0.1, 0.15) is 58.8 Å². The molecule has 0 spiro atoms. The van der Waals surface area contributed by atoms with Crippen molar-refractivity contribution >= 4 is 17.7 Å². The summed E-state index contributed by atoms with van der Waals surface area (Å²) in [6.07, 6.45) is 9.63. The van der Waals surface area contributed by atoms with Crippen LogP contribution in [0.4, 0.5) is 0 Å². The summed E-state index contributed by atoms with van der Waals surface area (Å²) in [5.74, 6) is 1.43. The summed E-state index contributed by atoms with van der Waals surface area (Å²) in [5, 5.41) is 4.02. The Balaban J connectivity index is 2.23. The van der Waals surface area contributed by atoms with Gasteiger partial charge in [-0.2, -0.15) is 11.8 Å². The summed E-state index contributed by atoms with van der Waals surface area (Å²) >= 11 is 1.96. The smallest absolute Gasteiger partial charge is 0.220 e. The zero-order valence-electron chi connectivity index (χ0n) is 13.4. The molecule has 1 aliphatic rings. The van der Waals surface area contributed by atoms with Crippen LogP contribution in [0.3, 0.4) is 0 Å². The Kier molecular flexibility index (Phi) is 8.62. The number of carbonyl (C=O) groups is 1. The van der Waals surface area contributed by atoms with Gasteiger partial charge in [-0.05, 0) is 63.2 Å². The van der Waals surface area contributed by atoms with Crippen LogP contribution in [0.25, 0.3) is 0 Å². The van der Waals surface area contributed by atoms with Gasteiger partial charge in [0.2, 0.25) is 5.91 Å². The first kappa shape index (κ1) is 17.8. The molecule has 1 unspecified atom stereocenters. The molecule has 1 rings (SSSR count). The standard InChI is InChI=1S/C16H32N2OS/c1-12(2)13(10-11-17)4-9-16(19)18-14-5-7-15(20-3)8-6-14/h12-15H,4-11,17H2,1-3H3,(H,18,19). The molecule has 0 aliphatic heterocycles. The Bertz CT molecular complexity index is 276. The molecule has 4 heteroatoms. The molecule has 0 heterocycles. The van der Waals surface area contributed by atoms with Crippen LogP contribution in [0.2, 0.25) is 0 Å². The highest BCUT2D eigenvalue weighted by molar-refractivity contribution is 7.99. The fourth-order valence-corrected chi connectivity index (χ4v) is 3.83. The zero-order chi connectivity index (χ0) is 15.0. The van der Waals surface area contributed by atoms with Crippen molar-refractivity contribution in [3.05, 3.63) is 0 Å². The third-order valence-electron chi connectivity index (χ3n) is 4.60. The van der Waals surface area contributed by atoms with Gasteiger partial charge in [-0.25, -0.2) is 0 Å². The Morgan fingerprint density at radius 2 is 1.90 bits per heavy atom. The molecule has 0 radical (unpaired) electrons. The van der Waals surface area contributed by atoms with E-state index in [0.29, 0.717) is 24.3 Å². The number of rotatable bonds is 8. The third kappa shape index (κ3) is 6.49. The fourth-order valence-electron chi connectivity index (χ4n) is 3.08. The summed E-state index contributed by atoms with van der Waals surface area (Å²) in [7, 11) is 0. The molecule has 1 saturated carbocycles. The van der Waals surface area contributed by atoms with E-state index in [4.69, 9.17) is 5.73 Å². The molecular formula is C16H32N2OS. The van der Waals surface area contributed by atoms with E-state index in [9.17, 15) is 4.79 Å². The van der Waals surface area contributed by atoms with Gasteiger partial charge in [0.25, 0.3) is 0 Å². The molecule has 118 valence electrons. The average molecular weight is 301 g/mol. The molecule has 3 nitrogen and oxygen atoms in total. The molecule has 20 heavy (non-hydrogen) atoms. The van der Waals surface area contributed by atoms with Crippen molar-refractivity contribution in [2.24, 2.45) is 17.6 Å². The van der Waals surface area contributed by atoms with E-state index in [1.165, 1.54) is 12.8 Å². The average Bonchev–Trinajstić information content (AvgIpc) is 2.44. The van der Waals surface area contributed by atoms with Crippen molar-refractivity contribution in [2.45, 2.75) is 70.1 Å². The maximum Gasteiger partial charge on any atom is 0.220 e. The monoisotopic (exact) mass is 300 g/mol. The number of thioether (sulfide) groups is 1. The number of carbonyl (C=O) groups excluding carboxylic acids is 1. The largest absolute Gasteiger partial charge is 0.353 e. The second-order valence-corrected chi connectivity index (χ2v) is 7.54. The molecule has 0 aromatic heterocycles. The molecule has 0 aromatic rings. The molecule has 0 bridgehead atoms. The first-order valence-electron chi connectivity index (χ1n) is 8.09. The van der Waals surface area contributed by atoms with Gasteiger partial charge in [-0.3, -0.25) is 4.79 Å². The first-order valence-corrected chi connectivity index (χ1v) is 9.37. The second kappa shape index (κ2) is 9.67. The van der Waals surface area contributed by atoms with Gasteiger partial charge in [0.05, 0.1) is 0 Å². The van der Waals surface area contributed by atoms with Gasteiger partial charge in [-0.1, -0.05) is 13.8 Å². The van der Waals surface area contributed by atoms with Crippen molar-refractivity contribution in [1.82, 2.24) is 5.32 Å². The van der Waals surface area contributed by atoms with Crippen LogP contribution >= 0.6 is 11.8 Å². The first-order chi connectivity index (χ1) is 9.56. The lowest BCUT2D eigenvalue weighted by molar-refractivity contribution is -0.122. The molecule has 0 saturated heterocycles. The molecule has 1 amide bonds. The molecule has 3 N–H and O–H groups in total. The van der Waals surface area contributed by atoms with Gasteiger partial charge >= 0.3 is 0 Å². The predicted molar refractivity (Wildman–Crippen MR) is 88.9 cm³/mol. The van der Waals surface area contributed by atoms with E-state index < -0.39 is 0 Å². The van der Waals surface area contributed by atoms with Gasteiger partial charge < -0.3 is 11.1 Å². The second-order valence-electron chi connectivity index (χ2n) is 6.40. The van der Waals surface area contributed by atoms with Crippen LogP contribution in [0, 0.1) is 11.8 Å². The van der Waals surface area contributed by atoms with Crippen molar-refractivity contribution in [3.63, 3.8) is 0 Å². The van der Waals surface area contributed by atoms with E-state index in [2.05, 4.69) is 25.4 Å².